The number of benzene rings is 8. The van der Waals surface area contributed by atoms with E-state index in [1.165, 1.54) is 20.2 Å². The summed E-state index contributed by atoms with van der Waals surface area (Å²) >= 11 is 1.83. The van der Waals surface area contributed by atoms with Crippen molar-refractivity contribution in [1.29, 1.82) is 0 Å². The third kappa shape index (κ3) is 4.68. The number of anilines is 3. The zero-order valence-corrected chi connectivity index (χ0v) is 30.0. The van der Waals surface area contributed by atoms with Gasteiger partial charge in [0.25, 0.3) is 0 Å². The van der Waals surface area contributed by atoms with Gasteiger partial charge in [0.1, 0.15) is 27.8 Å². The highest BCUT2D eigenvalue weighted by molar-refractivity contribution is 7.25. The second-order valence-corrected chi connectivity index (χ2v) is 15.0. The summed E-state index contributed by atoms with van der Waals surface area (Å²) in [5.74, 6) is 0.597. The maximum atomic E-state index is 6.60. The Morgan fingerprint density at radius 2 is 1.13 bits per heavy atom. The van der Waals surface area contributed by atoms with Crippen molar-refractivity contribution in [1.82, 2.24) is 4.98 Å². The number of furan rings is 2. The summed E-state index contributed by atoms with van der Waals surface area (Å²) in [7, 11) is 0. The van der Waals surface area contributed by atoms with E-state index in [0.717, 1.165) is 88.7 Å². The first kappa shape index (κ1) is 30.3. The van der Waals surface area contributed by atoms with Gasteiger partial charge >= 0.3 is 0 Å². The SMILES string of the molecule is c1ccc(-c2nc3ccc4oc5c(-c6ccc(N(c7ccc8c(c7)oc7ccccc78)c7ccc8c(c7)sc7ccccc78)cc6)cccc5c4c3o2)cc1. The number of nitrogens with zero attached hydrogens (tertiary/aromatic N) is 2. The molecule has 0 bridgehead atoms. The monoisotopic (exact) mass is 724 g/mol. The van der Waals surface area contributed by atoms with Crippen LogP contribution in [-0.2, 0) is 0 Å². The van der Waals surface area contributed by atoms with E-state index >= 15 is 0 Å². The molecule has 0 aliphatic carbocycles. The molecule has 0 saturated carbocycles. The van der Waals surface area contributed by atoms with Crippen molar-refractivity contribution in [3.8, 4) is 22.6 Å². The van der Waals surface area contributed by atoms with Crippen LogP contribution in [0.25, 0.3) is 97.7 Å². The Bertz CT molecular complexity index is 3330. The highest BCUT2D eigenvalue weighted by atomic mass is 32.1. The van der Waals surface area contributed by atoms with E-state index in [1.807, 2.05) is 65.9 Å². The molecule has 8 aromatic carbocycles. The van der Waals surface area contributed by atoms with Crippen LogP contribution in [-0.4, -0.2) is 4.98 Å². The minimum absolute atomic E-state index is 0.597. The molecule has 0 atom stereocenters. The van der Waals surface area contributed by atoms with Crippen LogP contribution < -0.4 is 4.90 Å². The van der Waals surface area contributed by atoms with Crippen molar-refractivity contribution in [2.75, 3.05) is 4.90 Å². The normalized spacial score (nSPS) is 12.0. The van der Waals surface area contributed by atoms with E-state index in [-0.39, 0.29) is 0 Å². The molecule has 4 heterocycles. The highest BCUT2D eigenvalue weighted by Crippen LogP contribution is 2.44. The van der Waals surface area contributed by atoms with Gasteiger partial charge in [0.2, 0.25) is 5.89 Å². The van der Waals surface area contributed by atoms with Crippen molar-refractivity contribution in [2.24, 2.45) is 0 Å². The first-order chi connectivity index (χ1) is 27.2. The number of thiophene rings is 1. The minimum Gasteiger partial charge on any atom is -0.456 e. The highest BCUT2D eigenvalue weighted by Gasteiger charge is 2.21. The van der Waals surface area contributed by atoms with Crippen LogP contribution in [0.2, 0.25) is 0 Å². The molecule has 0 fully saturated rings. The van der Waals surface area contributed by atoms with Crippen molar-refractivity contribution in [3.63, 3.8) is 0 Å². The lowest BCUT2D eigenvalue weighted by atomic mass is 10.0. The molecule has 0 unspecified atom stereocenters. The third-order valence-electron chi connectivity index (χ3n) is 10.7. The Hall–Kier alpha value is -7.15. The molecule has 0 aliphatic heterocycles. The molecule has 4 aromatic heterocycles. The number of para-hydroxylation sites is 2. The van der Waals surface area contributed by atoms with Gasteiger partial charge in [-0.2, -0.15) is 0 Å². The third-order valence-corrected chi connectivity index (χ3v) is 11.8. The molecular formula is C49H28N2O3S. The molecule has 12 rings (SSSR count). The average Bonchev–Trinajstić information content (AvgIpc) is 4.02. The van der Waals surface area contributed by atoms with Crippen molar-refractivity contribution < 1.29 is 13.3 Å². The van der Waals surface area contributed by atoms with Crippen molar-refractivity contribution >= 4 is 104 Å². The van der Waals surface area contributed by atoms with Crippen LogP contribution in [0.3, 0.4) is 0 Å². The summed E-state index contributed by atoms with van der Waals surface area (Å²) < 4.78 is 21.9. The predicted molar refractivity (Wildman–Crippen MR) is 227 cm³/mol. The second kappa shape index (κ2) is 11.7. The maximum Gasteiger partial charge on any atom is 0.227 e. The van der Waals surface area contributed by atoms with Gasteiger partial charge in [-0.15, -0.1) is 11.3 Å². The number of hydrogen-bond acceptors (Lipinski definition) is 6. The van der Waals surface area contributed by atoms with Gasteiger partial charge in [0.15, 0.2) is 5.58 Å². The standard InChI is InChI=1S/C49H28N2O3S/c1-2-9-30(10-3-1)49-50-40-25-26-42-46(48(40)54-49)39-14-8-13-34(47(39)53-42)29-17-19-31(20-18-29)51(32-21-23-36-35-11-4-6-15-41(35)52-43(36)27-32)33-22-24-38-37-12-5-7-16-44(37)55-45(38)28-33/h1-28H. The molecule has 0 aliphatic rings. The molecule has 0 spiro atoms. The van der Waals surface area contributed by atoms with E-state index in [2.05, 4.69) is 120 Å². The van der Waals surface area contributed by atoms with Crippen LogP contribution in [0.4, 0.5) is 17.1 Å². The lowest BCUT2D eigenvalue weighted by Crippen LogP contribution is -2.09. The Kier molecular flexibility index (Phi) is 6.44. The molecule has 6 heteroatoms. The summed E-state index contributed by atoms with van der Waals surface area (Å²) in [5.41, 5.74) is 11.0. The molecular weight excluding hydrogens is 697 g/mol. The van der Waals surface area contributed by atoms with Crippen LogP contribution >= 0.6 is 11.3 Å². The van der Waals surface area contributed by atoms with Crippen molar-refractivity contribution in [2.45, 2.75) is 0 Å². The van der Waals surface area contributed by atoms with E-state index in [0.29, 0.717) is 5.89 Å². The van der Waals surface area contributed by atoms with Gasteiger partial charge in [-0.05, 0) is 78.4 Å². The number of aromatic nitrogens is 1. The second-order valence-electron chi connectivity index (χ2n) is 13.9. The molecule has 258 valence electrons. The van der Waals surface area contributed by atoms with Gasteiger partial charge < -0.3 is 18.2 Å². The van der Waals surface area contributed by atoms with Crippen LogP contribution in [0.1, 0.15) is 0 Å². The first-order valence-electron chi connectivity index (χ1n) is 18.3. The number of oxazole rings is 1. The van der Waals surface area contributed by atoms with Crippen molar-refractivity contribution in [3.05, 3.63) is 170 Å². The van der Waals surface area contributed by atoms with Gasteiger partial charge in [-0.25, -0.2) is 4.98 Å². The lowest BCUT2D eigenvalue weighted by molar-refractivity contribution is 0.622. The predicted octanol–water partition coefficient (Wildman–Crippen LogP) is 14.8. The fourth-order valence-electron chi connectivity index (χ4n) is 8.14. The van der Waals surface area contributed by atoms with Gasteiger partial charge in [-0.3, -0.25) is 0 Å². The topological polar surface area (TPSA) is 55.6 Å². The Morgan fingerprint density at radius 3 is 2.02 bits per heavy atom. The summed E-state index contributed by atoms with van der Waals surface area (Å²) in [6.45, 7) is 0. The lowest BCUT2D eigenvalue weighted by Gasteiger charge is -2.26. The van der Waals surface area contributed by atoms with E-state index in [4.69, 9.17) is 18.2 Å². The van der Waals surface area contributed by atoms with Gasteiger partial charge in [-0.1, -0.05) is 91.0 Å². The Labute approximate surface area is 317 Å². The summed E-state index contributed by atoms with van der Waals surface area (Å²) in [4.78, 5) is 7.13. The van der Waals surface area contributed by atoms with E-state index < -0.39 is 0 Å². The molecule has 0 N–H and O–H groups in total. The quantitative estimate of drug-likeness (QED) is 0.177. The molecule has 0 saturated heterocycles. The number of rotatable bonds is 5. The number of hydrogen-bond donors (Lipinski definition) is 0. The fraction of sp³-hybridized carbons (Fsp3) is 0. The summed E-state index contributed by atoms with van der Waals surface area (Å²) in [6.07, 6.45) is 0. The zero-order chi connectivity index (χ0) is 36.0. The van der Waals surface area contributed by atoms with Crippen LogP contribution in [0.15, 0.2) is 183 Å². The van der Waals surface area contributed by atoms with E-state index in [9.17, 15) is 0 Å². The zero-order valence-electron chi connectivity index (χ0n) is 29.2. The maximum absolute atomic E-state index is 6.60. The smallest absolute Gasteiger partial charge is 0.227 e. The average molecular weight is 725 g/mol. The van der Waals surface area contributed by atoms with Gasteiger partial charge in [0.05, 0.1) is 5.39 Å². The van der Waals surface area contributed by atoms with Crippen LogP contribution in [0.5, 0.6) is 0 Å². The molecule has 0 radical (unpaired) electrons. The summed E-state index contributed by atoms with van der Waals surface area (Å²) in [6, 6.07) is 59.2. The van der Waals surface area contributed by atoms with Gasteiger partial charge in [0, 0.05) is 70.6 Å². The van der Waals surface area contributed by atoms with Crippen LogP contribution in [0, 0.1) is 0 Å². The molecule has 5 nitrogen and oxygen atoms in total. The minimum atomic E-state index is 0.597. The largest absolute Gasteiger partial charge is 0.456 e. The molecule has 0 amide bonds. The number of fused-ring (bicyclic) bond motifs is 11. The Balaban J connectivity index is 0.992. The molecule has 12 aromatic rings. The summed E-state index contributed by atoms with van der Waals surface area (Å²) in [5, 5.41) is 6.71. The molecule has 55 heavy (non-hydrogen) atoms. The fourth-order valence-corrected chi connectivity index (χ4v) is 9.28. The first-order valence-corrected chi connectivity index (χ1v) is 19.1. The van der Waals surface area contributed by atoms with E-state index in [1.54, 1.807) is 0 Å². The Morgan fingerprint density at radius 1 is 0.418 bits per heavy atom.